The zero-order valence-corrected chi connectivity index (χ0v) is 14.2. The third-order valence-corrected chi connectivity index (χ3v) is 4.07. The number of nitrogens with one attached hydrogen (secondary N) is 1. The van der Waals surface area contributed by atoms with Crippen molar-refractivity contribution in [2.24, 2.45) is 0 Å². The van der Waals surface area contributed by atoms with Gasteiger partial charge in [-0.25, -0.2) is 0 Å². The van der Waals surface area contributed by atoms with Crippen LogP contribution in [0, 0.1) is 0 Å². The van der Waals surface area contributed by atoms with Crippen molar-refractivity contribution in [1.82, 2.24) is 10.3 Å². The van der Waals surface area contributed by atoms with Gasteiger partial charge in [-0.1, -0.05) is 32.0 Å². The van der Waals surface area contributed by atoms with Crippen molar-refractivity contribution in [3.05, 3.63) is 36.0 Å². The summed E-state index contributed by atoms with van der Waals surface area (Å²) in [5.74, 6) is 1.13. The highest BCUT2D eigenvalue weighted by Crippen LogP contribution is 2.26. The Morgan fingerprint density at radius 2 is 2.05 bits per heavy atom. The second-order valence-electron chi connectivity index (χ2n) is 5.60. The molecule has 0 radical (unpaired) electrons. The van der Waals surface area contributed by atoms with E-state index in [9.17, 15) is 0 Å². The summed E-state index contributed by atoms with van der Waals surface area (Å²) in [4.78, 5) is 7.11. The van der Waals surface area contributed by atoms with Gasteiger partial charge in [-0.2, -0.15) is 11.8 Å². The lowest BCUT2D eigenvalue weighted by Gasteiger charge is -2.22. The predicted molar refractivity (Wildman–Crippen MR) is 95.4 cm³/mol. The Kier molecular flexibility index (Phi) is 5.88. The summed E-state index contributed by atoms with van der Waals surface area (Å²) in [5, 5.41) is 4.68. The lowest BCUT2D eigenvalue weighted by Crippen LogP contribution is -2.24. The van der Waals surface area contributed by atoms with Gasteiger partial charge in [0.25, 0.3) is 0 Å². The minimum Gasteiger partial charge on any atom is -0.373 e. The molecule has 0 spiro atoms. The van der Waals surface area contributed by atoms with Gasteiger partial charge in [-0.3, -0.25) is 4.98 Å². The summed E-state index contributed by atoms with van der Waals surface area (Å²) in [7, 11) is 2.16. The average molecular weight is 303 g/mol. The first-order valence-electron chi connectivity index (χ1n) is 7.44. The molecule has 0 unspecified atom stereocenters. The van der Waals surface area contributed by atoms with E-state index in [2.05, 4.69) is 67.7 Å². The van der Waals surface area contributed by atoms with Crippen molar-refractivity contribution >= 4 is 28.4 Å². The van der Waals surface area contributed by atoms with E-state index >= 15 is 0 Å². The molecule has 2 rings (SSSR count). The van der Waals surface area contributed by atoms with Crippen molar-refractivity contribution < 1.29 is 0 Å². The molecule has 3 nitrogen and oxygen atoms in total. The molecule has 0 saturated heterocycles. The third-order valence-electron chi connectivity index (χ3n) is 3.48. The Hall–Kier alpha value is -1.26. The van der Waals surface area contributed by atoms with Crippen LogP contribution in [0.15, 0.2) is 30.3 Å². The standard InChI is InChI=1S/C17H25N3S/c1-13(2)18-12-14-11-17(20(3)9-10-21-4)15-7-5-6-8-16(15)19-14/h5-8,11,13,18H,9-10,12H2,1-4H3. The van der Waals surface area contributed by atoms with E-state index in [0.717, 1.165) is 30.1 Å². The van der Waals surface area contributed by atoms with Gasteiger partial charge in [-0.05, 0) is 18.4 Å². The highest BCUT2D eigenvalue weighted by Gasteiger charge is 2.09. The number of rotatable bonds is 7. The van der Waals surface area contributed by atoms with Crippen molar-refractivity contribution in [3.8, 4) is 0 Å². The first kappa shape index (κ1) is 16.1. The van der Waals surface area contributed by atoms with Crippen molar-refractivity contribution in [3.63, 3.8) is 0 Å². The molecule has 1 aromatic heterocycles. The summed E-state index contributed by atoms with van der Waals surface area (Å²) in [6.45, 7) is 6.18. The van der Waals surface area contributed by atoms with E-state index < -0.39 is 0 Å². The molecule has 1 aromatic carbocycles. The number of anilines is 1. The number of nitrogens with zero attached hydrogens (tertiary/aromatic N) is 2. The van der Waals surface area contributed by atoms with Crippen LogP contribution >= 0.6 is 11.8 Å². The van der Waals surface area contributed by atoms with Crippen molar-refractivity contribution in [1.29, 1.82) is 0 Å². The maximum atomic E-state index is 4.78. The Labute approximate surface area is 132 Å². The number of aromatic nitrogens is 1. The molecular weight excluding hydrogens is 278 g/mol. The molecule has 0 aliphatic rings. The fourth-order valence-electron chi connectivity index (χ4n) is 2.27. The van der Waals surface area contributed by atoms with Crippen LogP contribution in [0.5, 0.6) is 0 Å². The Morgan fingerprint density at radius 3 is 2.76 bits per heavy atom. The predicted octanol–water partition coefficient (Wildman–Crippen LogP) is 3.53. The molecule has 1 N–H and O–H groups in total. The highest BCUT2D eigenvalue weighted by molar-refractivity contribution is 7.98. The summed E-state index contributed by atoms with van der Waals surface area (Å²) < 4.78 is 0. The fourth-order valence-corrected chi connectivity index (χ4v) is 2.73. The van der Waals surface area contributed by atoms with Gasteiger partial charge in [-0.15, -0.1) is 0 Å². The first-order valence-corrected chi connectivity index (χ1v) is 8.83. The Bertz CT molecular complexity index is 583. The van der Waals surface area contributed by atoms with E-state index in [1.165, 1.54) is 11.1 Å². The maximum Gasteiger partial charge on any atom is 0.0726 e. The van der Waals surface area contributed by atoms with Crippen LogP contribution in [0.4, 0.5) is 5.69 Å². The SMILES string of the molecule is CSCCN(C)c1cc(CNC(C)C)nc2ccccc12. The van der Waals surface area contributed by atoms with E-state index in [0.29, 0.717) is 6.04 Å². The molecule has 1 heterocycles. The van der Waals surface area contributed by atoms with Crippen LogP contribution in [-0.4, -0.2) is 36.6 Å². The van der Waals surface area contributed by atoms with E-state index in [4.69, 9.17) is 4.98 Å². The van der Waals surface area contributed by atoms with E-state index in [1.54, 1.807) is 0 Å². The van der Waals surface area contributed by atoms with Crippen molar-refractivity contribution in [2.45, 2.75) is 26.4 Å². The minimum absolute atomic E-state index is 0.468. The number of fused-ring (bicyclic) bond motifs is 1. The molecular formula is C17H25N3S. The summed E-state index contributed by atoms with van der Waals surface area (Å²) in [6.07, 6.45) is 2.15. The molecule has 114 valence electrons. The maximum absolute atomic E-state index is 4.78. The molecule has 0 amide bonds. The van der Waals surface area contributed by atoms with Crippen LogP contribution in [0.25, 0.3) is 10.9 Å². The number of benzene rings is 1. The number of para-hydroxylation sites is 1. The van der Waals surface area contributed by atoms with Gasteiger partial charge in [0.2, 0.25) is 0 Å². The molecule has 0 saturated carbocycles. The van der Waals surface area contributed by atoms with E-state index in [-0.39, 0.29) is 0 Å². The number of pyridine rings is 1. The zero-order valence-electron chi connectivity index (χ0n) is 13.4. The Morgan fingerprint density at radius 1 is 1.29 bits per heavy atom. The van der Waals surface area contributed by atoms with Gasteiger partial charge in [0.1, 0.15) is 0 Å². The molecule has 0 aliphatic heterocycles. The summed E-state index contributed by atoms with van der Waals surface area (Å²) in [6, 6.07) is 11.1. The molecule has 21 heavy (non-hydrogen) atoms. The number of hydrogen-bond donors (Lipinski definition) is 1. The number of thioether (sulfide) groups is 1. The van der Waals surface area contributed by atoms with Gasteiger partial charge in [0, 0.05) is 43.0 Å². The minimum atomic E-state index is 0.468. The fraction of sp³-hybridized carbons (Fsp3) is 0.471. The molecule has 4 heteroatoms. The largest absolute Gasteiger partial charge is 0.373 e. The zero-order chi connectivity index (χ0) is 15.2. The third kappa shape index (κ3) is 4.35. The van der Waals surface area contributed by atoms with Crippen LogP contribution < -0.4 is 10.2 Å². The normalized spacial score (nSPS) is 11.3. The van der Waals surface area contributed by atoms with Gasteiger partial charge < -0.3 is 10.2 Å². The monoisotopic (exact) mass is 303 g/mol. The Balaban J connectivity index is 2.35. The quantitative estimate of drug-likeness (QED) is 0.847. The van der Waals surface area contributed by atoms with Gasteiger partial charge >= 0.3 is 0 Å². The molecule has 0 atom stereocenters. The van der Waals surface area contributed by atoms with Crippen LogP contribution in [-0.2, 0) is 6.54 Å². The van der Waals surface area contributed by atoms with Gasteiger partial charge in [0.05, 0.1) is 11.2 Å². The first-order chi connectivity index (χ1) is 10.1. The topological polar surface area (TPSA) is 28.2 Å². The lowest BCUT2D eigenvalue weighted by atomic mass is 10.1. The van der Waals surface area contributed by atoms with Crippen molar-refractivity contribution in [2.75, 3.05) is 30.5 Å². The second-order valence-corrected chi connectivity index (χ2v) is 6.59. The molecule has 2 aromatic rings. The second kappa shape index (κ2) is 7.66. The summed E-state index contributed by atoms with van der Waals surface area (Å²) >= 11 is 1.88. The molecule has 0 fully saturated rings. The average Bonchev–Trinajstić information content (AvgIpc) is 2.49. The van der Waals surface area contributed by atoms with Crippen LogP contribution in [0.3, 0.4) is 0 Å². The van der Waals surface area contributed by atoms with Crippen LogP contribution in [0.1, 0.15) is 19.5 Å². The van der Waals surface area contributed by atoms with E-state index in [1.807, 2.05) is 11.8 Å². The lowest BCUT2D eigenvalue weighted by molar-refractivity contribution is 0.582. The van der Waals surface area contributed by atoms with Gasteiger partial charge in [0.15, 0.2) is 0 Å². The molecule has 0 bridgehead atoms. The smallest absolute Gasteiger partial charge is 0.0726 e. The summed E-state index contributed by atoms with van der Waals surface area (Å²) in [5.41, 5.74) is 3.45. The molecule has 0 aliphatic carbocycles. The van der Waals surface area contributed by atoms with Crippen LogP contribution in [0.2, 0.25) is 0 Å². The highest BCUT2D eigenvalue weighted by atomic mass is 32.2. The number of hydrogen-bond acceptors (Lipinski definition) is 4.